The van der Waals surface area contributed by atoms with Crippen LogP contribution in [0.1, 0.15) is 27.8 Å². The smallest absolute Gasteiger partial charge is 0.259 e. The lowest BCUT2D eigenvalue weighted by Crippen LogP contribution is -2.10. The fraction of sp³-hybridized carbons (Fsp3) is 0.333. The summed E-state index contributed by atoms with van der Waals surface area (Å²) in [4.78, 5) is 30.3. The van der Waals surface area contributed by atoms with Crippen molar-refractivity contribution >= 4 is 33.3 Å². The highest BCUT2D eigenvalue weighted by molar-refractivity contribution is 7.98. The van der Waals surface area contributed by atoms with Crippen LogP contribution in [0.3, 0.4) is 0 Å². The number of nitrogens with one attached hydrogen (secondary N) is 1. The molecule has 0 atom stereocenters. The fourth-order valence-electron chi connectivity index (χ4n) is 2.27. The molecule has 0 aliphatic heterocycles. The molecule has 1 N–H and O–H groups in total. The molecule has 0 saturated heterocycles. The molecule has 3 aromatic heterocycles. The van der Waals surface area contributed by atoms with E-state index in [1.54, 1.807) is 23.1 Å². The van der Waals surface area contributed by atoms with Crippen molar-refractivity contribution < 1.29 is 0 Å². The molecule has 0 aromatic carbocycles. The number of thiophene rings is 1. The van der Waals surface area contributed by atoms with Gasteiger partial charge in [0, 0.05) is 10.6 Å². The number of hydrogen-bond donors (Lipinski definition) is 1. The highest BCUT2D eigenvalue weighted by Gasteiger charge is 2.12. The van der Waals surface area contributed by atoms with Gasteiger partial charge in [0.1, 0.15) is 21.5 Å². The van der Waals surface area contributed by atoms with Crippen molar-refractivity contribution in [3.8, 4) is 0 Å². The van der Waals surface area contributed by atoms with Crippen molar-refractivity contribution in [3.05, 3.63) is 44.2 Å². The quantitative estimate of drug-likeness (QED) is 0.588. The number of aromatic amines is 1. The second-order valence-electron chi connectivity index (χ2n) is 5.16. The van der Waals surface area contributed by atoms with Gasteiger partial charge >= 0.3 is 0 Å². The average Bonchev–Trinajstić information content (AvgIpc) is 2.71. The first kappa shape index (κ1) is 15.2. The highest BCUT2D eigenvalue weighted by Crippen LogP contribution is 2.27. The maximum absolute atomic E-state index is 12.2. The van der Waals surface area contributed by atoms with Crippen molar-refractivity contribution in [2.75, 3.05) is 0 Å². The Morgan fingerprint density at radius 1 is 1.18 bits per heavy atom. The first-order chi connectivity index (χ1) is 10.4. The number of nitrogens with zero attached hydrogens (tertiary/aromatic N) is 3. The Hall–Kier alpha value is -1.73. The summed E-state index contributed by atoms with van der Waals surface area (Å²) in [7, 11) is 0. The molecular formula is C15H16N4OS2. The molecule has 0 bridgehead atoms. The summed E-state index contributed by atoms with van der Waals surface area (Å²) in [5.41, 5.74) is 1.91. The predicted octanol–water partition coefficient (Wildman–Crippen LogP) is 3.30. The maximum Gasteiger partial charge on any atom is 0.259 e. The van der Waals surface area contributed by atoms with E-state index >= 15 is 0 Å². The molecule has 3 aromatic rings. The Bertz CT molecular complexity index is 894. The number of fused-ring (bicyclic) bond motifs is 1. The van der Waals surface area contributed by atoms with Gasteiger partial charge in [0.25, 0.3) is 5.56 Å². The standard InChI is InChI=1S/C15H16N4OS2/c1-7-5-12(17-10(4)16-7)21-6-11-18-14(20)13-8(2)9(3)22-15(13)19-11/h5H,6H2,1-4H3,(H,18,19,20). The molecule has 0 saturated carbocycles. The topological polar surface area (TPSA) is 71.5 Å². The van der Waals surface area contributed by atoms with Crippen molar-refractivity contribution in [1.29, 1.82) is 0 Å². The molecule has 22 heavy (non-hydrogen) atoms. The highest BCUT2D eigenvalue weighted by atomic mass is 32.2. The third-order valence-corrected chi connectivity index (χ3v) is 5.41. The van der Waals surface area contributed by atoms with E-state index in [4.69, 9.17) is 0 Å². The summed E-state index contributed by atoms with van der Waals surface area (Å²) >= 11 is 3.12. The molecular weight excluding hydrogens is 316 g/mol. The SMILES string of the molecule is Cc1cc(SCc2nc3sc(C)c(C)c3c(=O)[nH]2)nc(C)n1. The fourth-order valence-corrected chi connectivity index (χ4v) is 4.19. The van der Waals surface area contributed by atoms with Gasteiger partial charge < -0.3 is 4.98 Å². The average molecular weight is 332 g/mol. The van der Waals surface area contributed by atoms with E-state index in [9.17, 15) is 4.79 Å². The molecule has 7 heteroatoms. The number of H-pyrrole nitrogens is 1. The molecule has 5 nitrogen and oxygen atoms in total. The molecule has 0 unspecified atom stereocenters. The molecule has 114 valence electrons. The number of rotatable bonds is 3. The van der Waals surface area contributed by atoms with Crippen LogP contribution in [0.4, 0.5) is 0 Å². The van der Waals surface area contributed by atoms with Crippen LogP contribution in [0.5, 0.6) is 0 Å². The lowest BCUT2D eigenvalue weighted by atomic mass is 10.2. The zero-order valence-electron chi connectivity index (χ0n) is 12.9. The number of thioether (sulfide) groups is 1. The van der Waals surface area contributed by atoms with Gasteiger partial charge in [0.05, 0.1) is 11.1 Å². The van der Waals surface area contributed by atoms with Crippen LogP contribution >= 0.6 is 23.1 Å². The first-order valence-corrected chi connectivity index (χ1v) is 8.68. The van der Waals surface area contributed by atoms with E-state index in [1.807, 2.05) is 33.8 Å². The van der Waals surface area contributed by atoms with E-state index in [2.05, 4.69) is 19.9 Å². The Morgan fingerprint density at radius 2 is 1.95 bits per heavy atom. The van der Waals surface area contributed by atoms with Gasteiger partial charge in [-0.3, -0.25) is 4.79 Å². The zero-order chi connectivity index (χ0) is 15.9. The maximum atomic E-state index is 12.2. The van der Waals surface area contributed by atoms with Crippen LogP contribution in [-0.4, -0.2) is 19.9 Å². The number of hydrogen-bond acceptors (Lipinski definition) is 6. The van der Waals surface area contributed by atoms with Crippen molar-refractivity contribution in [2.45, 2.75) is 38.5 Å². The Kier molecular flexibility index (Phi) is 4.01. The monoisotopic (exact) mass is 332 g/mol. The Morgan fingerprint density at radius 3 is 2.68 bits per heavy atom. The van der Waals surface area contributed by atoms with Gasteiger partial charge in [-0.25, -0.2) is 15.0 Å². The summed E-state index contributed by atoms with van der Waals surface area (Å²) in [5.74, 6) is 2.01. The molecule has 0 spiro atoms. The van der Waals surface area contributed by atoms with Crippen LogP contribution in [0, 0.1) is 27.7 Å². The molecule has 3 heterocycles. The lowest BCUT2D eigenvalue weighted by Gasteiger charge is -2.03. The van der Waals surface area contributed by atoms with Crippen LogP contribution in [0.25, 0.3) is 10.2 Å². The van der Waals surface area contributed by atoms with Gasteiger partial charge in [0.15, 0.2) is 0 Å². The van der Waals surface area contributed by atoms with Crippen molar-refractivity contribution in [2.24, 2.45) is 0 Å². The molecule has 0 radical (unpaired) electrons. The van der Waals surface area contributed by atoms with E-state index < -0.39 is 0 Å². The zero-order valence-corrected chi connectivity index (χ0v) is 14.5. The molecule has 0 aliphatic rings. The molecule has 3 rings (SSSR count). The second kappa shape index (κ2) is 5.81. The predicted molar refractivity (Wildman–Crippen MR) is 90.8 cm³/mol. The van der Waals surface area contributed by atoms with E-state index in [-0.39, 0.29) is 5.56 Å². The summed E-state index contributed by atoms with van der Waals surface area (Å²) < 4.78 is 0. The summed E-state index contributed by atoms with van der Waals surface area (Å²) in [6.45, 7) is 7.80. The van der Waals surface area contributed by atoms with E-state index in [0.29, 0.717) is 17.0 Å². The molecule has 0 aliphatic carbocycles. The van der Waals surface area contributed by atoms with Crippen LogP contribution < -0.4 is 5.56 Å². The Labute approximate surface area is 136 Å². The van der Waals surface area contributed by atoms with Gasteiger partial charge in [0.2, 0.25) is 0 Å². The second-order valence-corrected chi connectivity index (χ2v) is 7.36. The largest absolute Gasteiger partial charge is 0.309 e. The summed E-state index contributed by atoms with van der Waals surface area (Å²) in [5, 5.41) is 1.61. The summed E-state index contributed by atoms with van der Waals surface area (Å²) in [6.07, 6.45) is 0. The van der Waals surface area contributed by atoms with Crippen molar-refractivity contribution in [3.63, 3.8) is 0 Å². The minimum absolute atomic E-state index is 0.0579. The van der Waals surface area contributed by atoms with Gasteiger partial charge in [-0.05, 0) is 39.3 Å². The third kappa shape index (κ3) is 2.91. The third-order valence-electron chi connectivity index (χ3n) is 3.39. The molecule has 0 fully saturated rings. The molecule has 0 amide bonds. The minimum Gasteiger partial charge on any atom is -0.309 e. The normalized spacial score (nSPS) is 11.3. The number of aromatic nitrogens is 4. The van der Waals surface area contributed by atoms with E-state index in [1.165, 1.54) is 0 Å². The Balaban J connectivity index is 1.89. The van der Waals surface area contributed by atoms with Crippen molar-refractivity contribution in [1.82, 2.24) is 19.9 Å². The minimum atomic E-state index is -0.0579. The number of aryl methyl sites for hydroxylation is 4. The van der Waals surface area contributed by atoms with Gasteiger partial charge in [-0.15, -0.1) is 11.3 Å². The lowest BCUT2D eigenvalue weighted by molar-refractivity contribution is 0.933. The first-order valence-electron chi connectivity index (χ1n) is 6.88. The van der Waals surface area contributed by atoms with Gasteiger partial charge in [-0.2, -0.15) is 0 Å². The van der Waals surface area contributed by atoms with Gasteiger partial charge in [-0.1, -0.05) is 11.8 Å². The van der Waals surface area contributed by atoms with Crippen LogP contribution in [-0.2, 0) is 5.75 Å². The van der Waals surface area contributed by atoms with Crippen LogP contribution in [0.2, 0.25) is 0 Å². The van der Waals surface area contributed by atoms with Crippen LogP contribution in [0.15, 0.2) is 15.9 Å². The summed E-state index contributed by atoms with van der Waals surface area (Å²) in [6, 6.07) is 1.94. The van der Waals surface area contributed by atoms with E-state index in [0.717, 1.165) is 31.8 Å².